The summed E-state index contributed by atoms with van der Waals surface area (Å²) in [6.45, 7) is 1.97. The Balaban J connectivity index is 2.56. The molecule has 0 aliphatic heterocycles. The molecule has 0 fully saturated rings. The molecule has 98 valence electrons. The van der Waals surface area contributed by atoms with Crippen molar-refractivity contribution < 1.29 is 10.2 Å². The van der Waals surface area contributed by atoms with Crippen LogP contribution in [0, 0.1) is 29.6 Å². The van der Waals surface area contributed by atoms with E-state index in [1.54, 1.807) is 0 Å². The van der Waals surface area contributed by atoms with Gasteiger partial charge in [-0.05, 0) is 18.1 Å². The van der Waals surface area contributed by atoms with Gasteiger partial charge in [0.2, 0.25) is 0 Å². The van der Waals surface area contributed by atoms with Crippen LogP contribution in [-0.4, -0.2) is 10.2 Å². The van der Waals surface area contributed by atoms with Crippen LogP contribution in [0.2, 0.25) is 0 Å². The van der Waals surface area contributed by atoms with Gasteiger partial charge in [-0.25, -0.2) is 0 Å². The Bertz CT molecular complexity index is 735. The van der Waals surface area contributed by atoms with Gasteiger partial charge in [-0.15, -0.1) is 0 Å². The van der Waals surface area contributed by atoms with Gasteiger partial charge in [-0.3, -0.25) is 0 Å². The van der Waals surface area contributed by atoms with Crippen LogP contribution in [0.3, 0.4) is 0 Å². The fraction of sp³-hybridized carbons (Fsp3) is 0.125. The third kappa shape index (κ3) is 2.41. The maximum Gasteiger partial charge on any atom is 0.175 e. The Hall–Kier alpha value is -2.98. The van der Waals surface area contributed by atoms with Crippen molar-refractivity contribution in [2.45, 2.75) is 13.3 Å². The van der Waals surface area contributed by atoms with E-state index < -0.39 is 11.5 Å². The zero-order valence-corrected chi connectivity index (χ0v) is 10.9. The van der Waals surface area contributed by atoms with E-state index in [0.717, 1.165) is 11.1 Å². The first-order valence-electron chi connectivity index (χ1n) is 6.00. The number of hydrogen-bond acceptors (Lipinski definition) is 4. The van der Waals surface area contributed by atoms with E-state index in [4.69, 9.17) is 10.5 Å². The normalized spacial score (nSPS) is 9.75. The van der Waals surface area contributed by atoms with Crippen molar-refractivity contribution in [3.05, 3.63) is 58.1 Å². The molecule has 0 radical (unpaired) electrons. The van der Waals surface area contributed by atoms with Crippen molar-refractivity contribution in [2.75, 3.05) is 0 Å². The van der Waals surface area contributed by atoms with Crippen molar-refractivity contribution in [3.8, 4) is 23.6 Å². The number of phenols is 2. The first-order chi connectivity index (χ1) is 9.56. The predicted molar refractivity (Wildman–Crippen MR) is 73.2 cm³/mol. The van der Waals surface area contributed by atoms with E-state index in [2.05, 4.69) is 0 Å². The number of nitriles is 2. The van der Waals surface area contributed by atoms with Crippen molar-refractivity contribution in [1.29, 1.82) is 10.5 Å². The molecule has 0 aliphatic rings. The number of rotatable bonds is 2. The fourth-order valence-corrected chi connectivity index (χ4v) is 2.01. The molecule has 0 unspecified atom stereocenters. The molecule has 20 heavy (non-hydrogen) atoms. The number of nitrogens with zero attached hydrogens (tertiary/aromatic N) is 2. The van der Waals surface area contributed by atoms with Gasteiger partial charge in [0.1, 0.15) is 11.6 Å². The van der Waals surface area contributed by atoms with E-state index in [1.165, 1.54) is 6.07 Å². The summed E-state index contributed by atoms with van der Waals surface area (Å²) in [6, 6.07) is 12.7. The highest BCUT2D eigenvalue weighted by Crippen LogP contribution is 2.34. The molecule has 0 aliphatic carbocycles. The van der Waals surface area contributed by atoms with E-state index in [1.807, 2.05) is 43.3 Å². The third-order valence-electron chi connectivity index (χ3n) is 3.12. The lowest BCUT2D eigenvalue weighted by Gasteiger charge is -2.10. The van der Waals surface area contributed by atoms with Gasteiger partial charge in [0, 0.05) is 12.5 Å². The Kier molecular flexibility index (Phi) is 3.59. The summed E-state index contributed by atoms with van der Waals surface area (Å²) in [4.78, 5) is 0. The summed E-state index contributed by atoms with van der Waals surface area (Å²) in [5, 5.41) is 37.5. The smallest absolute Gasteiger partial charge is 0.175 e. The van der Waals surface area contributed by atoms with Gasteiger partial charge < -0.3 is 10.2 Å². The molecular weight excluding hydrogens is 252 g/mol. The maximum absolute atomic E-state index is 9.74. The van der Waals surface area contributed by atoms with E-state index in [0.29, 0.717) is 12.0 Å². The average Bonchev–Trinajstić information content (AvgIpc) is 2.45. The lowest BCUT2D eigenvalue weighted by atomic mass is 9.94. The molecule has 2 N–H and O–H groups in total. The molecule has 4 heteroatoms. The topological polar surface area (TPSA) is 88.0 Å². The molecule has 0 saturated carbocycles. The second-order valence-electron chi connectivity index (χ2n) is 4.53. The summed E-state index contributed by atoms with van der Waals surface area (Å²) in [5.74, 6) is -0.931. The molecule has 2 rings (SSSR count). The Labute approximate surface area is 116 Å². The minimum absolute atomic E-state index is 0.0536. The number of phenolic OH excluding ortho intramolecular Hbond substituents is 2. The first-order valence-corrected chi connectivity index (χ1v) is 6.00. The van der Waals surface area contributed by atoms with E-state index >= 15 is 0 Å². The van der Waals surface area contributed by atoms with Gasteiger partial charge in [0.05, 0.1) is 11.6 Å². The zero-order valence-electron chi connectivity index (χ0n) is 10.9. The van der Waals surface area contributed by atoms with Crippen LogP contribution in [0.15, 0.2) is 30.3 Å². The zero-order chi connectivity index (χ0) is 14.7. The van der Waals surface area contributed by atoms with Crippen LogP contribution in [-0.2, 0) is 6.42 Å². The highest BCUT2D eigenvalue weighted by atomic mass is 16.3. The lowest BCUT2D eigenvalue weighted by molar-refractivity contribution is 0.402. The third-order valence-corrected chi connectivity index (χ3v) is 3.12. The van der Waals surface area contributed by atoms with Crippen LogP contribution >= 0.6 is 0 Å². The minimum atomic E-state index is -0.478. The summed E-state index contributed by atoms with van der Waals surface area (Å²) >= 11 is 0. The van der Waals surface area contributed by atoms with Gasteiger partial charge in [-0.1, -0.05) is 29.8 Å². The Morgan fingerprint density at radius 1 is 1.05 bits per heavy atom. The highest BCUT2D eigenvalue weighted by molar-refractivity contribution is 5.62. The van der Waals surface area contributed by atoms with Crippen LogP contribution in [0.5, 0.6) is 11.5 Å². The minimum Gasteiger partial charge on any atom is -0.504 e. The largest absolute Gasteiger partial charge is 0.504 e. The average molecular weight is 264 g/mol. The molecule has 0 heterocycles. The summed E-state index contributed by atoms with van der Waals surface area (Å²) in [7, 11) is 0. The molecule has 0 spiro atoms. The van der Waals surface area contributed by atoms with Crippen LogP contribution in [0.1, 0.15) is 27.8 Å². The second kappa shape index (κ2) is 5.34. The number of aryl methyl sites for hydroxylation is 1. The van der Waals surface area contributed by atoms with Crippen LogP contribution in [0.4, 0.5) is 0 Å². The van der Waals surface area contributed by atoms with Crippen molar-refractivity contribution >= 4 is 0 Å². The number of benzene rings is 2. The molecule has 0 atom stereocenters. The summed E-state index contributed by atoms with van der Waals surface area (Å²) in [5.41, 5.74) is 2.60. The molecule has 0 amide bonds. The SMILES string of the molecule is Cc1ccc(Cc2c(C#N)cc(O)c(O)c2C#N)cc1. The number of hydrogen-bond donors (Lipinski definition) is 2. The lowest BCUT2D eigenvalue weighted by Crippen LogP contribution is -1.98. The van der Waals surface area contributed by atoms with Crippen molar-refractivity contribution in [3.63, 3.8) is 0 Å². The summed E-state index contributed by atoms with van der Waals surface area (Å²) < 4.78 is 0. The molecule has 2 aromatic carbocycles. The van der Waals surface area contributed by atoms with E-state index in [-0.39, 0.29) is 11.1 Å². The second-order valence-corrected chi connectivity index (χ2v) is 4.53. The van der Waals surface area contributed by atoms with Crippen molar-refractivity contribution in [2.24, 2.45) is 0 Å². The predicted octanol–water partition coefficient (Wildman–Crippen LogP) is 2.74. The first kappa shape index (κ1) is 13.5. The molecule has 2 aromatic rings. The molecule has 4 nitrogen and oxygen atoms in total. The van der Waals surface area contributed by atoms with Gasteiger partial charge in [0.25, 0.3) is 0 Å². The quantitative estimate of drug-likeness (QED) is 0.816. The summed E-state index contributed by atoms with van der Waals surface area (Å²) in [6.07, 6.45) is 0.347. The van der Waals surface area contributed by atoms with E-state index in [9.17, 15) is 10.2 Å². The maximum atomic E-state index is 9.74. The van der Waals surface area contributed by atoms with Crippen LogP contribution < -0.4 is 0 Å². The molecule has 0 aromatic heterocycles. The van der Waals surface area contributed by atoms with Gasteiger partial charge >= 0.3 is 0 Å². The monoisotopic (exact) mass is 264 g/mol. The standard InChI is InChI=1S/C16H12N2O2/c1-10-2-4-11(5-3-10)6-13-12(8-17)7-15(19)16(20)14(13)9-18/h2-5,7,19-20H,6H2,1H3. The highest BCUT2D eigenvalue weighted by Gasteiger charge is 2.17. The molecular formula is C16H12N2O2. The van der Waals surface area contributed by atoms with Gasteiger partial charge in [-0.2, -0.15) is 10.5 Å². The Morgan fingerprint density at radius 3 is 2.25 bits per heavy atom. The number of aromatic hydroxyl groups is 2. The molecule has 0 saturated heterocycles. The van der Waals surface area contributed by atoms with Gasteiger partial charge in [0.15, 0.2) is 11.5 Å². The van der Waals surface area contributed by atoms with Crippen LogP contribution in [0.25, 0.3) is 0 Å². The molecule has 0 bridgehead atoms. The fourth-order valence-electron chi connectivity index (χ4n) is 2.01. The Morgan fingerprint density at radius 2 is 1.70 bits per heavy atom. The van der Waals surface area contributed by atoms with Crippen molar-refractivity contribution in [1.82, 2.24) is 0 Å².